The lowest BCUT2D eigenvalue weighted by molar-refractivity contribution is 0.0442. The average molecular weight is 446 g/mol. The molecule has 0 radical (unpaired) electrons. The Morgan fingerprint density at radius 3 is 2.48 bits per heavy atom. The highest BCUT2D eigenvalue weighted by atomic mass is 16.5. The quantitative estimate of drug-likeness (QED) is 0.238. The SMILES string of the molecule is CCCn1c(C)cc(C(=O)COC(=O)c2oc3ccccc3c2COc2ccccc2)c1C. The monoisotopic (exact) mass is 445 g/mol. The van der Waals surface area contributed by atoms with E-state index in [-0.39, 0.29) is 24.8 Å². The number of ketones is 1. The minimum atomic E-state index is -0.687. The van der Waals surface area contributed by atoms with Gasteiger partial charge < -0.3 is 18.5 Å². The van der Waals surface area contributed by atoms with Crippen LogP contribution < -0.4 is 4.74 Å². The number of Topliss-reactive ketones (excluding diaryl/α,β-unsaturated/α-hetero) is 1. The number of aryl methyl sites for hydroxylation is 1. The second-order valence-corrected chi connectivity index (χ2v) is 7.94. The highest BCUT2D eigenvalue weighted by molar-refractivity contribution is 6.01. The number of esters is 1. The van der Waals surface area contributed by atoms with Gasteiger partial charge in [-0.3, -0.25) is 4.79 Å². The van der Waals surface area contributed by atoms with Gasteiger partial charge >= 0.3 is 5.97 Å². The zero-order valence-corrected chi connectivity index (χ0v) is 19.1. The number of para-hydroxylation sites is 2. The lowest BCUT2D eigenvalue weighted by atomic mass is 10.1. The largest absolute Gasteiger partial charge is 0.489 e. The van der Waals surface area contributed by atoms with Gasteiger partial charge in [0, 0.05) is 28.9 Å². The number of aromatic nitrogens is 1. The smallest absolute Gasteiger partial charge is 0.375 e. The van der Waals surface area contributed by atoms with E-state index in [1.807, 2.05) is 68.4 Å². The molecule has 2 aromatic heterocycles. The van der Waals surface area contributed by atoms with E-state index in [0.717, 1.165) is 29.7 Å². The highest BCUT2D eigenvalue weighted by Gasteiger charge is 2.24. The predicted molar refractivity (Wildman–Crippen MR) is 126 cm³/mol. The van der Waals surface area contributed by atoms with Crippen molar-refractivity contribution in [1.29, 1.82) is 0 Å². The molecule has 6 heteroatoms. The molecule has 4 aromatic rings. The Kier molecular flexibility index (Phi) is 6.63. The molecule has 0 aliphatic carbocycles. The number of hydrogen-bond donors (Lipinski definition) is 0. The van der Waals surface area contributed by atoms with Crippen LogP contribution in [0.3, 0.4) is 0 Å². The van der Waals surface area contributed by atoms with E-state index in [1.54, 1.807) is 6.07 Å². The molecule has 0 fully saturated rings. The lowest BCUT2D eigenvalue weighted by Gasteiger charge is -2.08. The molecule has 0 aliphatic heterocycles. The van der Waals surface area contributed by atoms with Crippen molar-refractivity contribution in [1.82, 2.24) is 4.57 Å². The van der Waals surface area contributed by atoms with Gasteiger partial charge in [0.1, 0.15) is 17.9 Å². The summed E-state index contributed by atoms with van der Waals surface area (Å²) >= 11 is 0. The molecule has 2 aromatic carbocycles. The van der Waals surface area contributed by atoms with Gasteiger partial charge in [-0.1, -0.05) is 43.3 Å². The summed E-state index contributed by atoms with van der Waals surface area (Å²) in [7, 11) is 0. The maximum atomic E-state index is 12.9. The van der Waals surface area contributed by atoms with Crippen LogP contribution in [0, 0.1) is 13.8 Å². The third kappa shape index (κ3) is 4.70. The van der Waals surface area contributed by atoms with E-state index in [4.69, 9.17) is 13.9 Å². The molecule has 0 aliphatic rings. The second kappa shape index (κ2) is 9.77. The molecule has 0 spiro atoms. The summed E-state index contributed by atoms with van der Waals surface area (Å²) < 4.78 is 19.1. The fourth-order valence-corrected chi connectivity index (χ4v) is 4.00. The van der Waals surface area contributed by atoms with E-state index in [0.29, 0.717) is 22.5 Å². The first-order valence-corrected chi connectivity index (χ1v) is 11.0. The summed E-state index contributed by atoms with van der Waals surface area (Å²) in [5, 5.41) is 0.773. The zero-order chi connectivity index (χ0) is 23.4. The number of ether oxygens (including phenoxy) is 2. The standard InChI is InChI=1S/C27H27NO5/c1-4-14-28-18(2)15-22(19(28)3)24(29)17-32-27(30)26-23(16-31-20-10-6-5-7-11-20)21-12-8-9-13-25(21)33-26/h5-13,15H,4,14,16-17H2,1-3H3. The van der Waals surface area contributed by atoms with Crippen LogP contribution >= 0.6 is 0 Å². The number of fused-ring (bicyclic) bond motifs is 1. The molecular formula is C27H27NO5. The van der Waals surface area contributed by atoms with Gasteiger partial charge in [-0.15, -0.1) is 0 Å². The molecule has 0 saturated heterocycles. The van der Waals surface area contributed by atoms with E-state index in [1.165, 1.54) is 0 Å². The third-order valence-corrected chi connectivity index (χ3v) is 5.67. The first-order valence-electron chi connectivity index (χ1n) is 11.0. The fourth-order valence-electron chi connectivity index (χ4n) is 4.00. The third-order valence-electron chi connectivity index (χ3n) is 5.67. The van der Waals surface area contributed by atoms with Gasteiger partial charge in [0.2, 0.25) is 11.5 Å². The van der Waals surface area contributed by atoms with E-state index < -0.39 is 5.97 Å². The van der Waals surface area contributed by atoms with Crippen LogP contribution in [0.15, 0.2) is 65.1 Å². The Morgan fingerprint density at radius 1 is 1.00 bits per heavy atom. The number of rotatable bonds is 9. The molecular weight excluding hydrogens is 418 g/mol. The molecule has 0 unspecified atom stereocenters. The Hall–Kier alpha value is -3.80. The van der Waals surface area contributed by atoms with Crippen molar-refractivity contribution >= 4 is 22.7 Å². The molecule has 33 heavy (non-hydrogen) atoms. The molecule has 0 saturated carbocycles. The number of hydrogen-bond acceptors (Lipinski definition) is 5. The number of benzene rings is 2. The molecule has 2 heterocycles. The van der Waals surface area contributed by atoms with Crippen molar-refractivity contribution in [2.24, 2.45) is 0 Å². The summed E-state index contributed by atoms with van der Waals surface area (Å²) in [6.45, 7) is 6.60. The Morgan fingerprint density at radius 2 is 1.73 bits per heavy atom. The summed E-state index contributed by atoms with van der Waals surface area (Å²) in [6, 6.07) is 18.5. The predicted octanol–water partition coefficient (Wildman–Crippen LogP) is 5.88. The van der Waals surface area contributed by atoms with Crippen LogP contribution in [0.5, 0.6) is 5.75 Å². The fraction of sp³-hybridized carbons (Fsp3) is 0.259. The van der Waals surface area contributed by atoms with Crippen LogP contribution in [0.25, 0.3) is 11.0 Å². The van der Waals surface area contributed by atoms with Gasteiger partial charge in [-0.25, -0.2) is 4.79 Å². The number of furan rings is 1. The Balaban J connectivity index is 1.52. The maximum Gasteiger partial charge on any atom is 0.375 e. The molecule has 0 atom stereocenters. The van der Waals surface area contributed by atoms with Gasteiger partial charge in [-0.2, -0.15) is 0 Å². The van der Waals surface area contributed by atoms with Gasteiger partial charge in [0.05, 0.1) is 5.56 Å². The van der Waals surface area contributed by atoms with Gasteiger partial charge in [0.25, 0.3) is 0 Å². The van der Waals surface area contributed by atoms with Crippen LogP contribution in [0.2, 0.25) is 0 Å². The van der Waals surface area contributed by atoms with Crippen molar-refractivity contribution < 1.29 is 23.5 Å². The Labute approximate surface area is 192 Å². The minimum Gasteiger partial charge on any atom is -0.489 e. The first-order chi connectivity index (χ1) is 16.0. The zero-order valence-electron chi connectivity index (χ0n) is 19.1. The van der Waals surface area contributed by atoms with Gasteiger partial charge in [0.15, 0.2) is 6.61 Å². The van der Waals surface area contributed by atoms with Crippen molar-refractivity contribution in [2.45, 2.75) is 40.3 Å². The minimum absolute atomic E-state index is 0.0522. The summed E-state index contributed by atoms with van der Waals surface area (Å²) in [5.74, 6) is -0.193. The lowest BCUT2D eigenvalue weighted by Crippen LogP contribution is -2.16. The van der Waals surface area contributed by atoms with Crippen LogP contribution in [0.1, 0.15) is 51.2 Å². The number of carbonyl (C=O) groups excluding carboxylic acids is 2. The van der Waals surface area contributed by atoms with Crippen LogP contribution in [-0.2, 0) is 17.9 Å². The average Bonchev–Trinajstić information content (AvgIpc) is 3.34. The molecule has 6 nitrogen and oxygen atoms in total. The number of carbonyl (C=O) groups is 2. The summed E-state index contributed by atoms with van der Waals surface area (Å²) in [4.78, 5) is 25.7. The van der Waals surface area contributed by atoms with Crippen molar-refractivity contribution in [3.05, 3.63) is 88.9 Å². The van der Waals surface area contributed by atoms with E-state index >= 15 is 0 Å². The van der Waals surface area contributed by atoms with Crippen molar-refractivity contribution in [3.8, 4) is 5.75 Å². The Bertz CT molecular complexity index is 1280. The maximum absolute atomic E-state index is 12.9. The molecule has 4 rings (SSSR count). The number of nitrogens with zero attached hydrogens (tertiary/aromatic N) is 1. The molecule has 170 valence electrons. The van der Waals surface area contributed by atoms with Gasteiger partial charge in [-0.05, 0) is 44.5 Å². The van der Waals surface area contributed by atoms with Crippen molar-refractivity contribution in [2.75, 3.05) is 6.61 Å². The molecule has 0 bridgehead atoms. The molecule has 0 amide bonds. The first kappa shape index (κ1) is 22.4. The van der Waals surface area contributed by atoms with Crippen molar-refractivity contribution in [3.63, 3.8) is 0 Å². The second-order valence-electron chi connectivity index (χ2n) is 7.94. The summed E-state index contributed by atoms with van der Waals surface area (Å²) in [5.41, 5.74) is 3.63. The normalized spacial score (nSPS) is 11.0. The van der Waals surface area contributed by atoms with Crippen LogP contribution in [0.4, 0.5) is 0 Å². The summed E-state index contributed by atoms with van der Waals surface area (Å²) in [6.07, 6.45) is 0.971. The van der Waals surface area contributed by atoms with Crippen LogP contribution in [-0.4, -0.2) is 22.9 Å². The highest BCUT2D eigenvalue weighted by Crippen LogP contribution is 2.28. The molecule has 0 N–H and O–H groups in total. The topological polar surface area (TPSA) is 70.7 Å². The van der Waals surface area contributed by atoms with E-state index in [9.17, 15) is 9.59 Å². The van der Waals surface area contributed by atoms with E-state index in [2.05, 4.69) is 11.5 Å².